The van der Waals surface area contributed by atoms with E-state index in [0.717, 1.165) is 6.42 Å². The van der Waals surface area contributed by atoms with Crippen LogP contribution in [0.3, 0.4) is 0 Å². The third-order valence-electron chi connectivity index (χ3n) is 2.85. The lowest BCUT2D eigenvalue weighted by atomic mass is 9.90. The van der Waals surface area contributed by atoms with Crippen LogP contribution in [0.2, 0.25) is 0 Å². The van der Waals surface area contributed by atoms with Crippen LogP contribution in [-0.4, -0.2) is 5.78 Å². The Hall–Kier alpha value is -0.850. The van der Waals surface area contributed by atoms with E-state index in [1.54, 1.807) is 0 Å². The normalized spacial score (nSPS) is 39.5. The molecule has 0 spiro atoms. The Bertz CT molecular complexity index is 227. The highest BCUT2D eigenvalue weighted by molar-refractivity contribution is 5.92. The van der Waals surface area contributed by atoms with Crippen molar-refractivity contribution in [2.45, 2.75) is 12.8 Å². The van der Waals surface area contributed by atoms with Gasteiger partial charge in [-0.2, -0.15) is 0 Å². The Morgan fingerprint density at radius 1 is 1.45 bits per heavy atom. The van der Waals surface area contributed by atoms with E-state index >= 15 is 0 Å². The number of hydrogen-bond acceptors (Lipinski definition) is 1. The lowest BCUT2D eigenvalue weighted by Gasteiger charge is -2.13. The number of carbonyl (C=O) groups excluding carboxylic acids is 1. The molecule has 2 bridgehead atoms. The Balaban J connectivity index is 2.14. The molecule has 0 radical (unpaired) electrons. The second-order valence-corrected chi connectivity index (χ2v) is 3.49. The zero-order valence-corrected chi connectivity index (χ0v) is 6.49. The van der Waals surface area contributed by atoms with Crippen molar-refractivity contribution in [1.82, 2.24) is 0 Å². The highest BCUT2D eigenvalue weighted by atomic mass is 16.1. The van der Waals surface area contributed by atoms with Crippen molar-refractivity contribution in [3.8, 4) is 0 Å². The van der Waals surface area contributed by atoms with E-state index in [9.17, 15) is 4.79 Å². The molecule has 11 heavy (non-hydrogen) atoms. The van der Waals surface area contributed by atoms with Crippen molar-refractivity contribution in [2.75, 3.05) is 0 Å². The molecule has 1 fully saturated rings. The molecular weight excluding hydrogens is 136 g/mol. The molecule has 1 nitrogen and oxygen atoms in total. The molecule has 3 atom stereocenters. The topological polar surface area (TPSA) is 17.1 Å². The predicted molar refractivity (Wildman–Crippen MR) is 44.0 cm³/mol. The molecule has 0 amide bonds. The maximum Gasteiger partial charge on any atom is 0.158 e. The van der Waals surface area contributed by atoms with Crippen LogP contribution in [0.4, 0.5) is 0 Å². The van der Waals surface area contributed by atoms with Gasteiger partial charge in [-0.3, -0.25) is 4.79 Å². The van der Waals surface area contributed by atoms with Gasteiger partial charge < -0.3 is 0 Å². The number of fused-ring (bicyclic) bond motifs is 2. The van der Waals surface area contributed by atoms with Crippen LogP contribution in [0, 0.1) is 17.8 Å². The van der Waals surface area contributed by atoms with E-state index in [1.807, 2.05) is 0 Å². The van der Waals surface area contributed by atoms with E-state index in [1.165, 1.54) is 12.5 Å². The summed E-state index contributed by atoms with van der Waals surface area (Å²) in [6.45, 7) is 3.52. The summed E-state index contributed by atoms with van der Waals surface area (Å²) in [4.78, 5) is 11.3. The number of carbonyl (C=O) groups is 1. The van der Waals surface area contributed by atoms with E-state index in [4.69, 9.17) is 0 Å². The lowest BCUT2D eigenvalue weighted by Crippen LogP contribution is -2.16. The second kappa shape index (κ2) is 2.33. The molecule has 2 aliphatic rings. The fraction of sp³-hybridized carbons (Fsp3) is 0.500. The summed E-state index contributed by atoms with van der Waals surface area (Å²) in [5.41, 5.74) is 0. The van der Waals surface area contributed by atoms with Crippen LogP contribution in [0.25, 0.3) is 0 Å². The molecule has 0 N–H and O–H groups in total. The Morgan fingerprint density at radius 2 is 2.27 bits per heavy atom. The molecule has 2 rings (SSSR count). The molecule has 2 aliphatic carbocycles. The minimum Gasteiger partial charge on any atom is -0.295 e. The summed E-state index contributed by atoms with van der Waals surface area (Å²) in [6.07, 6.45) is 8.17. The van der Waals surface area contributed by atoms with Crippen molar-refractivity contribution >= 4 is 5.78 Å². The minimum atomic E-state index is 0.238. The van der Waals surface area contributed by atoms with Gasteiger partial charge in [-0.15, -0.1) is 0 Å². The standard InChI is InChI=1S/C10H12O/c1-2-10(11)9-6-7-3-4-8(9)5-7/h2-4,7-9H,1,5-6H2. The SMILES string of the molecule is C=CC(=O)C1CC2C=CC1C2. The van der Waals surface area contributed by atoms with Gasteiger partial charge in [0.1, 0.15) is 0 Å². The zero-order valence-electron chi connectivity index (χ0n) is 6.49. The van der Waals surface area contributed by atoms with Crippen LogP contribution >= 0.6 is 0 Å². The van der Waals surface area contributed by atoms with E-state index in [2.05, 4.69) is 18.7 Å². The molecule has 58 valence electrons. The van der Waals surface area contributed by atoms with Crippen LogP contribution in [0.15, 0.2) is 24.8 Å². The van der Waals surface area contributed by atoms with Gasteiger partial charge in [-0.05, 0) is 30.8 Å². The quantitative estimate of drug-likeness (QED) is 0.432. The maximum absolute atomic E-state index is 11.3. The van der Waals surface area contributed by atoms with Gasteiger partial charge in [0.25, 0.3) is 0 Å². The van der Waals surface area contributed by atoms with Crippen LogP contribution in [-0.2, 0) is 4.79 Å². The van der Waals surface area contributed by atoms with Crippen LogP contribution < -0.4 is 0 Å². The first-order chi connectivity index (χ1) is 5.31. The monoisotopic (exact) mass is 148 g/mol. The largest absolute Gasteiger partial charge is 0.295 e. The van der Waals surface area contributed by atoms with Gasteiger partial charge in [-0.25, -0.2) is 0 Å². The Morgan fingerprint density at radius 3 is 2.73 bits per heavy atom. The van der Waals surface area contributed by atoms with Crippen molar-refractivity contribution in [3.63, 3.8) is 0 Å². The average molecular weight is 148 g/mol. The van der Waals surface area contributed by atoms with Crippen molar-refractivity contribution in [3.05, 3.63) is 24.8 Å². The van der Waals surface area contributed by atoms with Crippen LogP contribution in [0.5, 0.6) is 0 Å². The third-order valence-corrected chi connectivity index (χ3v) is 2.85. The molecule has 0 heterocycles. The molecule has 0 saturated heterocycles. The van der Waals surface area contributed by atoms with E-state index in [0.29, 0.717) is 11.8 Å². The van der Waals surface area contributed by atoms with Crippen LogP contribution in [0.1, 0.15) is 12.8 Å². The molecular formula is C10H12O. The van der Waals surface area contributed by atoms with Gasteiger partial charge in [0.05, 0.1) is 0 Å². The first-order valence-electron chi connectivity index (χ1n) is 4.16. The summed E-state index contributed by atoms with van der Waals surface area (Å²) in [6, 6.07) is 0. The predicted octanol–water partition coefficient (Wildman–Crippen LogP) is 1.95. The van der Waals surface area contributed by atoms with Gasteiger partial charge in [0, 0.05) is 5.92 Å². The molecule has 0 aromatic heterocycles. The molecule has 1 saturated carbocycles. The Kier molecular flexibility index (Phi) is 1.45. The summed E-state index contributed by atoms with van der Waals surface area (Å²) in [5, 5.41) is 0. The molecule has 0 aromatic rings. The number of hydrogen-bond donors (Lipinski definition) is 0. The third kappa shape index (κ3) is 0.953. The van der Waals surface area contributed by atoms with Gasteiger partial charge in [-0.1, -0.05) is 18.7 Å². The molecule has 0 aliphatic heterocycles. The van der Waals surface area contributed by atoms with Crippen molar-refractivity contribution in [1.29, 1.82) is 0 Å². The van der Waals surface area contributed by atoms with Gasteiger partial charge in [0.15, 0.2) is 5.78 Å². The fourth-order valence-corrected chi connectivity index (χ4v) is 2.26. The summed E-state index contributed by atoms with van der Waals surface area (Å²) in [7, 11) is 0. The summed E-state index contributed by atoms with van der Waals surface area (Å²) in [5.74, 6) is 1.73. The van der Waals surface area contributed by atoms with Gasteiger partial charge in [0.2, 0.25) is 0 Å². The smallest absolute Gasteiger partial charge is 0.158 e. The molecule has 3 unspecified atom stereocenters. The fourth-order valence-electron chi connectivity index (χ4n) is 2.26. The number of allylic oxidation sites excluding steroid dienone is 3. The highest BCUT2D eigenvalue weighted by Gasteiger charge is 2.38. The first kappa shape index (κ1) is 6.84. The van der Waals surface area contributed by atoms with Crippen molar-refractivity contribution < 1.29 is 4.79 Å². The Labute approximate surface area is 66.8 Å². The number of ketones is 1. The van der Waals surface area contributed by atoms with E-state index < -0.39 is 0 Å². The molecule has 0 aromatic carbocycles. The van der Waals surface area contributed by atoms with E-state index in [-0.39, 0.29) is 11.7 Å². The highest BCUT2D eigenvalue weighted by Crippen LogP contribution is 2.43. The first-order valence-corrected chi connectivity index (χ1v) is 4.16. The molecule has 1 heteroatoms. The summed E-state index contributed by atoms with van der Waals surface area (Å²) < 4.78 is 0. The second-order valence-electron chi connectivity index (χ2n) is 3.49. The minimum absolute atomic E-state index is 0.238. The lowest BCUT2D eigenvalue weighted by molar-refractivity contribution is -0.118. The van der Waals surface area contributed by atoms with Crippen molar-refractivity contribution in [2.24, 2.45) is 17.8 Å². The maximum atomic E-state index is 11.3. The van der Waals surface area contributed by atoms with Gasteiger partial charge >= 0.3 is 0 Å². The summed E-state index contributed by atoms with van der Waals surface area (Å²) >= 11 is 0. The zero-order chi connectivity index (χ0) is 7.84. The average Bonchev–Trinajstić information content (AvgIpc) is 2.62. The number of rotatable bonds is 2.